The minimum Gasteiger partial charge on any atom is -0.496 e. The van der Waals surface area contributed by atoms with Gasteiger partial charge in [-0.1, -0.05) is 30.3 Å². The zero-order chi connectivity index (χ0) is 14.1. The van der Waals surface area contributed by atoms with Gasteiger partial charge in [0.1, 0.15) is 11.0 Å². The van der Waals surface area contributed by atoms with Crippen LogP contribution in [0, 0.1) is 0 Å². The third kappa shape index (κ3) is 1.96. The van der Waals surface area contributed by atoms with E-state index in [0.717, 1.165) is 28.1 Å². The molecule has 0 saturated heterocycles. The molecule has 1 heterocycles. The second-order valence-corrected chi connectivity index (χ2v) is 5.51. The molecule has 1 aliphatic heterocycles. The molecular weight excluding hydrogens is 270 g/mol. The quantitative estimate of drug-likeness (QED) is 0.934. The molecular formula is C16H15NO2S. The molecule has 0 saturated carbocycles. The molecule has 0 aromatic heterocycles. The van der Waals surface area contributed by atoms with Crippen LogP contribution in [0.1, 0.15) is 10.8 Å². The molecule has 1 amide bonds. The molecule has 102 valence electrons. The summed E-state index contributed by atoms with van der Waals surface area (Å²) in [5, 5.41) is 2.78. The van der Waals surface area contributed by atoms with Crippen molar-refractivity contribution in [3.63, 3.8) is 0 Å². The summed E-state index contributed by atoms with van der Waals surface area (Å²) >= 11 is 1.55. The summed E-state index contributed by atoms with van der Waals surface area (Å²) in [7, 11) is 1.66. The summed E-state index contributed by atoms with van der Waals surface area (Å²) in [6.45, 7) is 0. The number of para-hydroxylation sites is 1. The summed E-state index contributed by atoms with van der Waals surface area (Å²) in [6, 6.07) is 13.8. The summed E-state index contributed by atoms with van der Waals surface area (Å²) in [5.41, 5.74) is 4.02. The molecule has 0 bridgehead atoms. The van der Waals surface area contributed by atoms with Crippen molar-refractivity contribution in [2.75, 3.05) is 18.7 Å². The molecule has 0 spiro atoms. The van der Waals surface area contributed by atoms with Crippen molar-refractivity contribution in [3.05, 3.63) is 48.0 Å². The van der Waals surface area contributed by atoms with Gasteiger partial charge in [-0.25, -0.2) is 0 Å². The molecule has 0 aliphatic carbocycles. The van der Waals surface area contributed by atoms with Gasteiger partial charge < -0.3 is 10.1 Å². The third-order valence-electron chi connectivity index (χ3n) is 3.50. The number of methoxy groups -OCH3 is 1. The highest BCUT2D eigenvalue weighted by Gasteiger charge is 2.32. The third-order valence-corrected chi connectivity index (χ3v) is 4.42. The molecule has 0 fully saturated rings. The Kier molecular flexibility index (Phi) is 3.40. The van der Waals surface area contributed by atoms with Crippen LogP contribution in [0.15, 0.2) is 42.5 Å². The van der Waals surface area contributed by atoms with Gasteiger partial charge in [-0.2, -0.15) is 0 Å². The molecule has 3 rings (SSSR count). The molecule has 4 heteroatoms. The number of amides is 1. The molecule has 1 aliphatic rings. The maximum Gasteiger partial charge on any atom is 0.242 e. The van der Waals surface area contributed by atoms with Crippen LogP contribution in [-0.2, 0) is 4.79 Å². The van der Waals surface area contributed by atoms with E-state index in [9.17, 15) is 4.79 Å². The van der Waals surface area contributed by atoms with Crippen molar-refractivity contribution in [2.45, 2.75) is 5.25 Å². The second kappa shape index (κ2) is 5.21. The lowest BCUT2D eigenvalue weighted by Crippen LogP contribution is -2.08. The smallest absolute Gasteiger partial charge is 0.242 e. The van der Waals surface area contributed by atoms with Gasteiger partial charge in [0.15, 0.2) is 0 Å². The van der Waals surface area contributed by atoms with Crippen molar-refractivity contribution >= 4 is 23.4 Å². The van der Waals surface area contributed by atoms with Gasteiger partial charge >= 0.3 is 0 Å². The van der Waals surface area contributed by atoms with E-state index in [1.54, 1.807) is 18.9 Å². The lowest BCUT2D eigenvalue weighted by atomic mass is 9.97. The first-order valence-electron chi connectivity index (χ1n) is 6.36. The first-order valence-corrected chi connectivity index (χ1v) is 7.65. The van der Waals surface area contributed by atoms with Gasteiger partial charge in [-0.3, -0.25) is 4.79 Å². The fourth-order valence-electron chi connectivity index (χ4n) is 2.61. The molecule has 1 unspecified atom stereocenters. The van der Waals surface area contributed by atoms with E-state index in [-0.39, 0.29) is 11.2 Å². The van der Waals surface area contributed by atoms with Crippen LogP contribution in [0.3, 0.4) is 0 Å². The Labute approximate surface area is 122 Å². The van der Waals surface area contributed by atoms with E-state index < -0.39 is 0 Å². The van der Waals surface area contributed by atoms with Gasteiger partial charge in [0.2, 0.25) is 5.91 Å². The Bertz CT molecular complexity index is 669. The van der Waals surface area contributed by atoms with E-state index in [2.05, 4.69) is 5.32 Å². The number of thioether (sulfide) groups is 1. The molecule has 0 radical (unpaired) electrons. The van der Waals surface area contributed by atoms with Gasteiger partial charge in [0.05, 0.1) is 7.11 Å². The molecule has 20 heavy (non-hydrogen) atoms. The monoisotopic (exact) mass is 285 g/mol. The maximum atomic E-state index is 12.0. The van der Waals surface area contributed by atoms with Crippen LogP contribution in [-0.4, -0.2) is 19.3 Å². The number of fused-ring (bicyclic) bond motifs is 1. The highest BCUT2D eigenvalue weighted by Crippen LogP contribution is 2.46. The number of hydrogen-bond donors (Lipinski definition) is 1. The van der Waals surface area contributed by atoms with Crippen molar-refractivity contribution in [3.8, 4) is 16.9 Å². The van der Waals surface area contributed by atoms with E-state index in [4.69, 9.17) is 4.74 Å². The molecule has 1 N–H and O–H groups in total. The maximum absolute atomic E-state index is 12.0. The fraction of sp³-hybridized carbons (Fsp3) is 0.188. The van der Waals surface area contributed by atoms with Gasteiger partial charge in [-0.15, -0.1) is 11.8 Å². The van der Waals surface area contributed by atoms with Crippen LogP contribution in [0.4, 0.5) is 5.69 Å². The lowest BCUT2D eigenvalue weighted by Gasteiger charge is -2.14. The standard InChI is InChI=1S/C16H15NO2S/c1-19-13-9-4-3-6-10(13)11-7-5-8-12-14(11)15(20-2)16(18)17-12/h3-9,15H,1-2H3,(H,17,18). The largest absolute Gasteiger partial charge is 0.496 e. The average Bonchev–Trinajstić information content (AvgIpc) is 2.82. The Morgan fingerprint density at radius 3 is 2.60 bits per heavy atom. The molecule has 2 aromatic rings. The van der Waals surface area contributed by atoms with Gasteiger partial charge in [0, 0.05) is 16.8 Å². The van der Waals surface area contributed by atoms with Crippen LogP contribution in [0.25, 0.3) is 11.1 Å². The number of ether oxygens (including phenoxy) is 1. The van der Waals surface area contributed by atoms with E-state index >= 15 is 0 Å². The number of anilines is 1. The molecule has 3 nitrogen and oxygen atoms in total. The van der Waals surface area contributed by atoms with E-state index in [0.29, 0.717) is 0 Å². The first kappa shape index (κ1) is 13.1. The topological polar surface area (TPSA) is 38.3 Å². The molecule has 1 atom stereocenters. The highest BCUT2D eigenvalue weighted by atomic mass is 32.2. The van der Waals surface area contributed by atoms with Crippen molar-refractivity contribution < 1.29 is 9.53 Å². The van der Waals surface area contributed by atoms with Gasteiger partial charge in [0.25, 0.3) is 0 Å². The van der Waals surface area contributed by atoms with Crippen LogP contribution < -0.4 is 10.1 Å². The number of hydrogen-bond acceptors (Lipinski definition) is 3. The minimum atomic E-state index is -0.161. The summed E-state index contributed by atoms with van der Waals surface area (Å²) < 4.78 is 5.44. The Morgan fingerprint density at radius 1 is 1.10 bits per heavy atom. The average molecular weight is 285 g/mol. The Morgan fingerprint density at radius 2 is 1.85 bits per heavy atom. The fourth-order valence-corrected chi connectivity index (χ4v) is 3.38. The van der Waals surface area contributed by atoms with Crippen molar-refractivity contribution in [1.82, 2.24) is 0 Å². The number of carbonyl (C=O) groups excluding carboxylic acids is 1. The predicted molar refractivity (Wildman–Crippen MR) is 83.3 cm³/mol. The van der Waals surface area contributed by atoms with Crippen LogP contribution in [0.2, 0.25) is 0 Å². The van der Waals surface area contributed by atoms with E-state index in [1.165, 1.54) is 0 Å². The first-order chi connectivity index (χ1) is 9.76. The zero-order valence-corrected chi connectivity index (χ0v) is 12.2. The summed E-state index contributed by atoms with van der Waals surface area (Å²) in [5.74, 6) is 0.870. The minimum absolute atomic E-state index is 0.0508. The normalized spacial score (nSPS) is 16.7. The highest BCUT2D eigenvalue weighted by molar-refractivity contribution is 7.99. The Balaban J connectivity index is 2.22. The van der Waals surface area contributed by atoms with Crippen molar-refractivity contribution in [2.24, 2.45) is 0 Å². The summed E-state index contributed by atoms with van der Waals surface area (Å²) in [6.07, 6.45) is 1.96. The summed E-state index contributed by atoms with van der Waals surface area (Å²) in [4.78, 5) is 12.0. The SMILES string of the molecule is COc1ccccc1-c1cccc2c1C(SC)C(=O)N2. The van der Waals surface area contributed by atoms with Crippen molar-refractivity contribution in [1.29, 1.82) is 0 Å². The van der Waals surface area contributed by atoms with Crippen LogP contribution >= 0.6 is 11.8 Å². The number of rotatable bonds is 3. The lowest BCUT2D eigenvalue weighted by molar-refractivity contribution is -0.115. The zero-order valence-electron chi connectivity index (χ0n) is 11.3. The number of nitrogens with one attached hydrogen (secondary N) is 1. The second-order valence-electron chi connectivity index (χ2n) is 4.57. The number of carbonyl (C=O) groups is 1. The predicted octanol–water partition coefficient (Wildman–Crippen LogP) is 3.72. The van der Waals surface area contributed by atoms with E-state index in [1.807, 2.05) is 48.7 Å². The van der Waals surface area contributed by atoms with Gasteiger partial charge in [-0.05, 0) is 24.0 Å². The number of benzene rings is 2. The van der Waals surface area contributed by atoms with Crippen LogP contribution in [0.5, 0.6) is 5.75 Å². The molecule has 2 aromatic carbocycles. The Hall–Kier alpha value is -1.94.